The first-order valence-corrected chi connectivity index (χ1v) is 9.53. The van der Waals surface area contributed by atoms with Gasteiger partial charge in [-0.3, -0.25) is 10.1 Å². The zero-order chi connectivity index (χ0) is 18.0. The summed E-state index contributed by atoms with van der Waals surface area (Å²) in [4.78, 5) is 19.4. The standard InChI is InChI=1S/C13H13N2O7PS/c1-10-2-8-13(9-3-10)24(20,21)14-23(18,19)22-12-6-4-11(5-7-12)15(16)17/h2-9H,1H3,(H2,14,18,19). The zero-order valence-electron chi connectivity index (χ0n) is 12.3. The molecule has 2 N–H and O–H groups in total. The molecule has 0 spiro atoms. The summed E-state index contributed by atoms with van der Waals surface area (Å²) >= 11 is 0. The van der Waals surface area contributed by atoms with Crippen LogP contribution in [0.4, 0.5) is 5.69 Å². The first-order chi connectivity index (χ1) is 11.1. The number of benzene rings is 2. The van der Waals surface area contributed by atoms with Crippen molar-refractivity contribution in [2.75, 3.05) is 0 Å². The molecule has 24 heavy (non-hydrogen) atoms. The Morgan fingerprint density at radius 1 is 1.12 bits per heavy atom. The summed E-state index contributed by atoms with van der Waals surface area (Å²) in [7, 11) is -9.03. The highest BCUT2D eigenvalue weighted by Gasteiger charge is 2.30. The maximum Gasteiger partial charge on any atom is 0.469 e. The van der Waals surface area contributed by atoms with Crippen LogP contribution in [0.5, 0.6) is 5.75 Å². The maximum atomic E-state index is 12.1. The molecule has 0 aliphatic carbocycles. The van der Waals surface area contributed by atoms with Crippen molar-refractivity contribution in [3.05, 3.63) is 64.2 Å². The fourth-order valence-electron chi connectivity index (χ4n) is 1.71. The van der Waals surface area contributed by atoms with E-state index in [1.54, 1.807) is 11.4 Å². The average molecular weight is 372 g/mol. The van der Waals surface area contributed by atoms with Crippen LogP contribution in [0.1, 0.15) is 5.56 Å². The van der Waals surface area contributed by atoms with Gasteiger partial charge in [-0.05, 0) is 31.2 Å². The van der Waals surface area contributed by atoms with Gasteiger partial charge in [0, 0.05) is 12.1 Å². The molecule has 0 radical (unpaired) electrons. The summed E-state index contributed by atoms with van der Waals surface area (Å²) in [5.41, 5.74) is 0.582. The number of rotatable bonds is 6. The van der Waals surface area contributed by atoms with Crippen molar-refractivity contribution in [3.8, 4) is 5.75 Å². The number of aryl methyl sites for hydroxylation is 1. The molecule has 0 aliphatic rings. The number of nitro benzene ring substituents is 1. The minimum absolute atomic E-state index is 0.196. The van der Waals surface area contributed by atoms with Crippen LogP contribution in [0.25, 0.3) is 0 Å². The van der Waals surface area contributed by atoms with Crippen LogP contribution < -0.4 is 9.02 Å². The van der Waals surface area contributed by atoms with E-state index in [2.05, 4.69) is 0 Å². The van der Waals surface area contributed by atoms with Gasteiger partial charge in [0.15, 0.2) is 0 Å². The minimum Gasteiger partial charge on any atom is -0.413 e. The van der Waals surface area contributed by atoms with Crippen LogP contribution in [0.3, 0.4) is 0 Å². The van der Waals surface area contributed by atoms with Crippen LogP contribution in [-0.4, -0.2) is 18.2 Å². The molecule has 0 aromatic heterocycles. The van der Waals surface area contributed by atoms with E-state index in [1.807, 2.05) is 0 Å². The molecule has 0 saturated carbocycles. The maximum absolute atomic E-state index is 12.1. The summed E-state index contributed by atoms with van der Waals surface area (Å²) in [5, 5.41) is 10.5. The predicted octanol–water partition coefficient (Wildman–Crippen LogP) is 2.36. The molecule has 1 unspecified atom stereocenters. The van der Waals surface area contributed by atoms with E-state index in [1.165, 1.54) is 24.3 Å². The number of non-ortho nitro benzene ring substituents is 1. The monoisotopic (exact) mass is 372 g/mol. The third-order valence-corrected chi connectivity index (χ3v) is 6.08. The van der Waals surface area contributed by atoms with Crippen LogP contribution in [-0.2, 0) is 14.6 Å². The number of nitrogens with one attached hydrogen (secondary N) is 1. The Bertz CT molecular complexity index is 895. The van der Waals surface area contributed by atoms with Crippen LogP contribution in [0.15, 0.2) is 53.4 Å². The van der Waals surface area contributed by atoms with Gasteiger partial charge in [0.1, 0.15) is 5.75 Å². The van der Waals surface area contributed by atoms with Gasteiger partial charge in [0.2, 0.25) is 0 Å². The van der Waals surface area contributed by atoms with Crippen molar-refractivity contribution in [1.29, 1.82) is 0 Å². The van der Waals surface area contributed by atoms with E-state index in [4.69, 9.17) is 4.52 Å². The van der Waals surface area contributed by atoms with E-state index < -0.39 is 22.7 Å². The molecule has 128 valence electrons. The Labute approximate surface area is 137 Å². The molecular weight excluding hydrogens is 359 g/mol. The number of hydrogen-bond acceptors (Lipinski definition) is 6. The molecule has 11 heteroatoms. The van der Waals surface area contributed by atoms with Gasteiger partial charge in [0.25, 0.3) is 15.7 Å². The highest BCUT2D eigenvalue weighted by Crippen LogP contribution is 2.40. The number of hydrogen-bond donors (Lipinski definition) is 2. The molecule has 1 atom stereocenters. The van der Waals surface area contributed by atoms with Gasteiger partial charge in [-0.2, -0.15) is 0 Å². The molecule has 0 saturated heterocycles. The molecule has 0 heterocycles. The summed E-state index contributed by atoms with van der Waals surface area (Å²) in [6.45, 7) is 1.76. The fraction of sp³-hybridized carbons (Fsp3) is 0.0769. The predicted molar refractivity (Wildman–Crippen MR) is 85.1 cm³/mol. The number of nitro groups is 1. The molecule has 2 aromatic rings. The minimum atomic E-state index is -4.76. The molecule has 0 bridgehead atoms. The van der Waals surface area contributed by atoms with Crippen molar-refractivity contribution >= 4 is 23.5 Å². The van der Waals surface area contributed by atoms with Gasteiger partial charge in [-0.25, -0.2) is 13.0 Å². The lowest BCUT2D eigenvalue weighted by atomic mass is 10.2. The van der Waals surface area contributed by atoms with Crippen molar-refractivity contribution in [3.63, 3.8) is 0 Å². The molecule has 0 fully saturated rings. The highest BCUT2D eigenvalue weighted by molar-refractivity contribution is 7.94. The average Bonchev–Trinajstić information content (AvgIpc) is 2.46. The Hall–Kier alpha value is -2.26. The second-order valence-corrected chi connectivity index (χ2v) is 8.20. The summed E-state index contributed by atoms with van der Waals surface area (Å²) in [5.74, 6) is -0.196. The molecule has 0 amide bonds. The van der Waals surface area contributed by atoms with Gasteiger partial charge >= 0.3 is 7.75 Å². The van der Waals surface area contributed by atoms with Crippen molar-refractivity contribution < 1.29 is 27.3 Å². The van der Waals surface area contributed by atoms with Gasteiger partial charge in [0.05, 0.1) is 9.82 Å². The molecule has 2 aromatic carbocycles. The summed E-state index contributed by atoms with van der Waals surface area (Å²) in [6.07, 6.45) is 0. The van der Waals surface area contributed by atoms with Crippen LogP contribution in [0.2, 0.25) is 0 Å². The Kier molecular flexibility index (Phi) is 5.05. The lowest BCUT2D eigenvalue weighted by Gasteiger charge is -2.14. The van der Waals surface area contributed by atoms with E-state index >= 15 is 0 Å². The van der Waals surface area contributed by atoms with Gasteiger partial charge in [-0.1, -0.05) is 17.7 Å². The first-order valence-electron chi connectivity index (χ1n) is 6.47. The summed E-state index contributed by atoms with van der Waals surface area (Å²) < 4.78 is 42.4. The van der Waals surface area contributed by atoms with Crippen LogP contribution >= 0.6 is 7.75 Å². The lowest BCUT2D eigenvalue weighted by Crippen LogP contribution is -2.23. The smallest absolute Gasteiger partial charge is 0.413 e. The normalized spacial score (nSPS) is 13.9. The van der Waals surface area contributed by atoms with E-state index in [0.29, 0.717) is 0 Å². The van der Waals surface area contributed by atoms with E-state index in [0.717, 1.165) is 29.8 Å². The summed E-state index contributed by atoms with van der Waals surface area (Å²) in [6, 6.07) is 9.92. The van der Waals surface area contributed by atoms with Gasteiger partial charge < -0.3 is 9.42 Å². The van der Waals surface area contributed by atoms with Gasteiger partial charge in [-0.15, -0.1) is 4.49 Å². The molecule has 0 aliphatic heterocycles. The molecule has 2 rings (SSSR count). The largest absolute Gasteiger partial charge is 0.469 e. The second-order valence-electron chi connectivity index (χ2n) is 4.77. The van der Waals surface area contributed by atoms with Crippen molar-refractivity contribution in [1.82, 2.24) is 4.49 Å². The van der Waals surface area contributed by atoms with E-state index in [9.17, 15) is 28.0 Å². The Morgan fingerprint density at radius 3 is 2.17 bits per heavy atom. The Morgan fingerprint density at radius 2 is 1.67 bits per heavy atom. The molecular formula is C13H13N2O7PS. The topological polar surface area (TPSA) is 136 Å². The third kappa shape index (κ3) is 4.62. The first kappa shape index (κ1) is 18.1. The fourth-order valence-corrected chi connectivity index (χ4v) is 4.40. The number of sulfonamides is 1. The van der Waals surface area contributed by atoms with Crippen molar-refractivity contribution in [2.24, 2.45) is 0 Å². The second kappa shape index (κ2) is 6.70. The van der Waals surface area contributed by atoms with E-state index in [-0.39, 0.29) is 16.3 Å². The Balaban J connectivity index is 2.16. The molecule has 9 nitrogen and oxygen atoms in total. The lowest BCUT2D eigenvalue weighted by molar-refractivity contribution is -0.384. The quantitative estimate of drug-likeness (QED) is 0.451. The van der Waals surface area contributed by atoms with Crippen molar-refractivity contribution in [2.45, 2.75) is 11.8 Å². The SMILES string of the molecule is Cc1ccc(S(=O)(=O)NP(=O)(O)Oc2ccc([N+](=O)[O-])cc2)cc1. The highest BCUT2D eigenvalue weighted by atomic mass is 32.2. The zero-order valence-corrected chi connectivity index (χ0v) is 14.0. The number of nitrogens with zero attached hydrogens (tertiary/aromatic N) is 1. The third-order valence-electron chi connectivity index (χ3n) is 2.84. The van der Waals surface area contributed by atoms with Crippen LogP contribution in [0, 0.1) is 17.0 Å².